The highest BCUT2D eigenvalue weighted by Gasteiger charge is 2.08. The van der Waals surface area contributed by atoms with Crippen LogP contribution in [0.1, 0.15) is 13.3 Å². The molecule has 0 aliphatic heterocycles. The Hall–Kier alpha value is -0.970. The molecule has 0 aliphatic carbocycles. The van der Waals surface area contributed by atoms with Crippen LogP contribution in [-0.4, -0.2) is 26.1 Å². The first kappa shape index (κ1) is 17.0. The number of nitrogens with one attached hydrogen (secondary N) is 2. The molecule has 0 saturated carbocycles. The van der Waals surface area contributed by atoms with Gasteiger partial charge in [0.2, 0.25) is 5.91 Å². The monoisotopic (exact) mass is 292 g/mol. The van der Waals surface area contributed by atoms with Gasteiger partial charge in [-0.2, -0.15) is 0 Å². The van der Waals surface area contributed by atoms with Gasteiger partial charge in [0, 0.05) is 5.02 Å². The van der Waals surface area contributed by atoms with Gasteiger partial charge >= 0.3 is 0 Å². The van der Waals surface area contributed by atoms with Crippen LogP contribution in [0.2, 0.25) is 5.02 Å². The lowest BCUT2D eigenvalue weighted by Crippen LogP contribution is -2.25. The number of rotatable bonds is 6. The smallest absolute Gasteiger partial charge is 0.238 e. The normalized spacial score (nSPS) is 9.50. The van der Waals surface area contributed by atoms with Crippen LogP contribution in [0.25, 0.3) is 0 Å². The van der Waals surface area contributed by atoms with Gasteiger partial charge in [-0.05, 0) is 31.7 Å². The van der Waals surface area contributed by atoms with E-state index in [1.54, 1.807) is 25.2 Å². The lowest BCUT2D eigenvalue weighted by atomic mass is 10.3. The van der Waals surface area contributed by atoms with Crippen molar-refractivity contribution in [2.75, 3.05) is 25.5 Å². The van der Waals surface area contributed by atoms with E-state index in [0.29, 0.717) is 23.1 Å². The van der Waals surface area contributed by atoms with E-state index in [1.165, 1.54) is 0 Å². The number of amides is 1. The van der Waals surface area contributed by atoms with Crippen molar-refractivity contribution >= 4 is 35.6 Å². The van der Waals surface area contributed by atoms with Crippen molar-refractivity contribution in [1.29, 1.82) is 0 Å². The van der Waals surface area contributed by atoms with Crippen molar-refractivity contribution < 1.29 is 9.53 Å². The van der Waals surface area contributed by atoms with Gasteiger partial charge in [0.25, 0.3) is 0 Å². The van der Waals surface area contributed by atoms with E-state index in [-0.39, 0.29) is 24.9 Å². The van der Waals surface area contributed by atoms with Gasteiger partial charge in [-0.15, -0.1) is 12.4 Å². The molecule has 0 aliphatic rings. The quantitative estimate of drug-likeness (QED) is 0.848. The number of halogens is 2. The number of carbonyl (C=O) groups excluding carboxylic acids is 1. The fraction of sp³-hybridized carbons (Fsp3) is 0.417. The Kier molecular flexibility index (Phi) is 8.54. The second kappa shape index (κ2) is 9.03. The van der Waals surface area contributed by atoms with Crippen LogP contribution in [0, 0.1) is 0 Å². The Morgan fingerprint density at radius 1 is 1.44 bits per heavy atom. The standard InChI is InChI=1S/C12H17ClN2O2.ClH/c1-3-6-17-11-5-4-9(13)7-10(11)15-12(16)8-14-2;/h4-5,7,14H,3,6,8H2,1-2H3,(H,15,16);1H. The molecule has 18 heavy (non-hydrogen) atoms. The molecule has 0 unspecified atom stereocenters. The highest BCUT2D eigenvalue weighted by atomic mass is 35.5. The molecule has 1 amide bonds. The maximum Gasteiger partial charge on any atom is 0.238 e. The second-order valence-electron chi connectivity index (χ2n) is 3.57. The maximum absolute atomic E-state index is 11.5. The zero-order valence-corrected chi connectivity index (χ0v) is 12.0. The molecular weight excluding hydrogens is 275 g/mol. The van der Waals surface area contributed by atoms with E-state index < -0.39 is 0 Å². The zero-order chi connectivity index (χ0) is 12.7. The van der Waals surface area contributed by atoms with Gasteiger partial charge in [-0.1, -0.05) is 18.5 Å². The summed E-state index contributed by atoms with van der Waals surface area (Å²) in [5, 5.41) is 6.09. The SMILES string of the molecule is CCCOc1ccc(Cl)cc1NC(=O)CNC.Cl. The molecule has 0 heterocycles. The number of likely N-dealkylation sites (N-methyl/N-ethyl adjacent to an activating group) is 1. The molecule has 6 heteroatoms. The van der Waals surface area contributed by atoms with Crippen LogP contribution in [0.15, 0.2) is 18.2 Å². The molecule has 0 fully saturated rings. The average Bonchev–Trinajstić information content (AvgIpc) is 2.28. The number of anilines is 1. The molecule has 0 bridgehead atoms. The molecule has 1 aromatic rings. The molecular formula is C12H18Cl2N2O2. The molecule has 0 spiro atoms. The number of ether oxygens (including phenoxy) is 1. The van der Waals surface area contributed by atoms with Crippen molar-refractivity contribution in [3.63, 3.8) is 0 Å². The van der Waals surface area contributed by atoms with Crippen LogP contribution in [-0.2, 0) is 4.79 Å². The third-order valence-corrected chi connectivity index (χ3v) is 2.25. The van der Waals surface area contributed by atoms with Crippen LogP contribution in [0.5, 0.6) is 5.75 Å². The summed E-state index contributed by atoms with van der Waals surface area (Å²) in [7, 11) is 1.71. The zero-order valence-electron chi connectivity index (χ0n) is 10.5. The molecule has 1 aromatic carbocycles. The first-order valence-corrected chi connectivity index (χ1v) is 5.92. The molecule has 0 saturated heterocycles. The Labute approximate surface area is 118 Å². The van der Waals surface area contributed by atoms with Gasteiger partial charge in [0.1, 0.15) is 5.75 Å². The highest BCUT2D eigenvalue weighted by molar-refractivity contribution is 6.31. The van der Waals surface area contributed by atoms with E-state index in [0.717, 1.165) is 6.42 Å². The van der Waals surface area contributed by atoms with Crippen molar-refractivity contribution in [3.8, 4) is 5.75 Å². The molecule has 2 N–H and O–H groups in total. The summed E-state index contributed by atoms with van der Waals surface area (Å²) in [6, 6.07) is 5.17. The minimum absolute atomic E-state index is 0. The third kappa shape index (κ3) is 5.58. The van der Waals surface area contributed by atoms with Gasteiger partial charge < -0.3 is 15.4 Å². The van der Waals surface area contributed by atoms with Gasteiger partial charge in [-0.25, -0.2) is 0 Å². The maximum atomic E-state index is 11.5. The first-order valence-electron chi connectivity index (χ1n) is 5.54. The number of benzene rings is 1. The van der Waals surface area contributed by atoms with Gasteiger partial charge in [-0.3, -0.25) is 4.79 Å². The van der Waals surface area contributed by atoms with Crippen LogP contribution in [0.4, 0.5) is 5.69 Å². The second-order valence-corrected chi connectivity index (χ2v) is 4.00. The van der Waals surface area contributed by atoms with Crippen molar-refractivity contribution in [2.45, 2.75) is 13.3 Å². The number of hydrogen-bond donors (Lipinski definition) is 2. The predicted octanol–water partition coefficient (Wildman–Crippen LogP) is 2.71. The van der Waals surface area contributed by atoms with E-state index in [4.69, 9.17) is 16.3 Å². The fourth-order valence-electron chi connectivity index (χ4n) is 1.29. The summed E-state index contributed by atoms with van der Waals surface area (Å²) < 4.78 is 5.53. The van der Waals surface area contributed by atoms with Crippen molar-refractivity contribution in [1.82, 2.24) is 5.32 Å². The summed E-state index contributed by atoms with van der Waals surface area (Å²) in [5.74, 6) is 0.511. The summed E-state index contributed by atoms with van der Waals surface area (Å²) in [5.41, 5.74) is 0.603. The predicted molar refractivity (Wildman–Crippen MR) is 77.0 cm³/mol. The fourth-order valence-corrected chi connectivity index (χ4v) is 1.46. The van der Waals surface area contributed by atoms with E-state index in [1.807, 2.05) is 6.92 Å². The number of hydrogen-bond acceptors (Lipinski definition) is 3. The summed E-state index contributed by atoms with van der Waals surface area (Å²) in [4.78, 5) is 11.5. The summed E-state index contributed by atoms with van der Waals surface area (Å²) in [6.45, 7) is 2.88. The van der Waals surface area contributed by atoms with Gasteiger partial charge in [0.15, 0.2) is 0 Å². The Morgan fingerprint density at radius 2 is 2.17 bits per heavy atom. The molecule has 1 rings (SSSR count). The molecule has 102 valence electrons. The lowest BCUT2D eigenvalue weighted by Gasteiger charge is -2.12. The molecule has 0 atom stereocenters. The summed E-state index contributed by atoms with van der Waals surface area (Å²) in [6.07, 6.45) is 0.909. The van der Waals surface area contributed by atoms with Gasteiger partial charge in [0.05, 0.1) is 18.8 Å². The Balaban J connectivity index is 0.00000289. The molecule has 0 aromatic heterocycles. The minimum Gasteiger partial charge on any atom is -0.491 e. The van der Waals surface area contributed by atoms with Crippen molar-refractivity contribution in [3.05, 3.63) is 23.2 Å². The molecule has 4 nitrogen and oxygen atoms in total. The third-order valence-electron chi connectivity index (χ3n) is 2.01. The van der Waals surface area contributed by atoms with E-state index in [2.05, 4.69) is 10.6 Å². The van der Waals surface area contributed by atoms with E-state index in [9.17, 15) is 4.79 Å². The molecule has 0 radical (unpaired) electrons. The highest BCUT2D eigenvalue weighted by Crippen LogP contribution is 2.28. The Morgan fingerprint density at radius 3 is 2.78 bits per heavy atom. The van der Waals surface area contributed by atoms with Crippen LogP contribution >= 0.6 is 24.0 Å². The first-order chi connectivity index (χ1) is 8.17. The van der Waals surface area contributed by atoms with E-state index >= 15 is 0 Å². The van der Waals surface area contributed by atoms with Crippen LogP contribution < -0.4 is 15.4 Å². The van der Waals surface area contributed by atoms with Crippen LogP contribution in [0.3, 0.4) is 0 Å². The Bertz CT molecular complexity index is 386. The summed E-state index contributed by atoms with van der Waals surface area (Å²) >= 11 is 5.89. The van der Waals surface area contributed by atoms with Crippen molar-refractivity contribution in [2.24, 2.45) is 0 Å². The lowest BCUT2D eigenvalue weighted by molar-refractivity contribution is -0.115. The minimum atomic E-state index is -0.129. The largest absolute Gasteiger partial charge is 0.491 e. The topological polar surface area (TPSA) is 50.4 Å². The number of carbonyl (C=O) groups is 1. The average molecular weight is 293 g/mol.